The van der Waals surface area contributed by atoms with Crippen LogP contribution in [0.25, 0.3) is 0 Å². The molecule has 0 heterocycles. The summed E-state index contributed by atoms with van der Waals surface area (Å²) >= 11 is 0. The Labute approximate surface area is 127 Å². The van der Waals surface area contributed by atoms with Gasteiger partial charge in [0.15, 0.2) is 0 Å². The molecular formula is C17H24N2O2. The molecule has 21 heavy (non-hydrogen) atoms. The third-order valence-electron chi connectivity index (χ3n) is 3.17. The molecule has 4 heteroatoms. The minimum absolute atomic E-state index is 0.249. The molecule has 0 saturated carbocycles. The largest absolute Gasteiger partial charge is 0.445 e. The van der Waals surface area contributed by atoms with Gasteiger partial charge >= 0.3 is 6.09 Å². The molecular weight excluding hydrogens is 264 g/mol. The second kappa shape index (κ2) is 10.7. The van der Waals surface area contributed by atoms with Gasteiger partial charge < -0.3 is 9.64 Å². The normalized spacial score (nSPS) is 9.90. The van der Waals surface area contributed by atoms with Gasteiger partial charge in [-0.2, -0.15) is 5.26 Å². The maximum Gasteiger partial charge on any atom is 0.410 e. The highest BCUT2D eigenvalue weighted by atomic mass is 16.6. The number of amides is 1. The molecule has 0 aliphatic rings. The van der Waals surface area contributed by atoms with Crippen LogP contribution in [0.3, 0.4) is 0 Å². The summed E-state index contributed by atoms with van der Waals surface area (Å²) in [6, 6.07) is 11.8. The van der Waals surface area contributed by atoms with Gasteiger partial charge in [-0.3, -0.25) is 0 Å². The van der Waals surface area contributed by atoms with Crippen molar-refractivity contribution in [2.75, 3.05) is 13.1 Å². The number of hydrogen-bond donors (Lipinski definition) is 0. The Balaban J connectivity index is 2.33. The van der Waals surface area contributed by atoms with E-state index in [-0.39, 0.29) is 6.09 Å². The highest BCUT2D eigenvalue weighted by Gasteiger charge is 2.13. The summed E-state index contributed by atoms with van der Waals surface area (Å²) < 4.78 is 5.36. The van der Waals surface area contributed by atoms with Crippen LogP contribution in [-0.4, -0.2) is 24.1 Å². The number of unbranched alkanes of at least 4 members (excludes halogenated alkanes) is 3. The lowest BCUT2D eigenvalue weighted by molar-refractivity contribution is 0.0954. The molecule has 0 aromatic heterocycles. The molecule has 4 nitrogen and oxygen atoms in total. The predicted octanol–water partition coefficient (Wildman–Crippen LogP) is 4.12. The van der Waals surface area contributed by atoms with Crippen LogP contribution in [0, 0.1) is 11.3 Å². The van der Waals surface area contributed by atoms with Crippen molar-refractivity contribution in [1.29, 1.82) is 5.26 Å². The number of carbonyl (C=O) groups is 1. The third-order valence-corrected chi connectivity index (χ3v) is 3.17. The minimum Gasteiger partial charge on any atom is -0.445 e. The molecule has 0 bridgehead atoms. The van der Waals surface area contributed by atoms with Gasteiger partial charge in [0.1, 0.15) is 6.61 Å². The molecule has 0 fully saturated rings. The monoisotopic (exact) mass is 288 g/mol. The van der Waals surface area contributed by atoms with Crippen molar-refractivity contribution >= 4 is 6.09 Å². The van der Waals surface area contributed by atoms with E-state index in [2.05, 4.69) is 6.07 Å². The summed E-state index contributed by atoms with van der Waals surface area (Å²) in [4.78, 5) is 13.8. The molecule has 1 amide bonds. The SMILES string of the molecule is CCCN(CCCCCC#N)C(=O)OCc1ccccc1. The summed E-state index contributed by atoms with van der Waals surface area (Å²) in [5.41, 5.74) is 0.997. The molecule has 0 aliphatic carbocycles. The van der Waals surface area contributed by atoms with E-state index in [0.29, 0.717) is 26.1 Å². The van der Waals surface area contributed by atoms with Crippen molar-refractivity contribution < 1.29 is 9.53 Å². The van der Waals surface area contributed by atoms with Crippen molar-refractivity contribution in [2.45, 2.75) is 45.6 Å². The number of nitrogens with zero attached hydrogens (tertiary/aromatic N) is 2. The van der Waals surface area contributed by atoms with E-state index in [1.165, 1.54) is 0 Å². The van der Waals surface area contributed by atoms with Gasteiger partial charge in [-0.25, -0.2) is 4.79 Å². The van der Waals surface area contributed by atoms with Gasteiger partial charge in [0.25, 0.3) is 0 Å². The first-order valence-electron chi connectivity index (χ1n) is 7.60. The highest BCUT2D eigenvalue weighted by molar-refractivity contribution is 5.67. The highest BCUT2D eigenvalue weighted by Crippen LogP contribution is 2.07. The van der Waals surface area contributed by atoms with Gasteiger partial charge in [-0.05, 0) is 24.8 Å². The fourth-order valence-electron chi connectivity index (χ4n) is 2.06. The summed E-state index contributed by atoms with van der Waals surface area (Å²) in [5, 5.41) is 8.49. The van der Waals surface area contributed by atoms with Crippen LogP contribution in [0.4, 0.5) is 4.79 Å². The average Bonchev–Trinajstić information content (AvgIpc) is 2.52. The molecule has 0 N–H and O–H groups in total. The first kappa shape index (κ1) is 17.0. The molecule has 0 saturated heterocycles. The Hall–Kier alpha value is -2.02. The van der Waals surface area contributed by atoms with Crippen molar-refractivity contribution in [1.82, 2.24) is 4.90 Å². The van der Waals surface area contributed by atoms with Gasteiger partial charge in [0.2, 0.25) is 0 Å². The molecule has 114 valence electrons. The van der Waals surface area contributed by atoms with Gasteiger partial charge in [-0.15, -0.1) is 0 Å². The Kier molecular flexibility index (Phi) is 8.70. The molecule has 1 aromatic carbocycles. The molecule has 1 aromatic rings. The number of carbonyl (C=O) groups excluding carboxylic acids is 1. The number of nitriles is 1. The number of rotatable bonds is 9. The number of hydrogen-bond acceptors (Lipinski definition) is 3. The van der Waals surface area contributed by atoms with E-state index in [1.807, 2.05) is 37.3 Å². The van der Waals surface area contributed by atoms with Crippen LogP contribution in [-0.2, 0) is 11.3 Å². The van der Waals surface area contributed by atoms with E-state index < -0.39 is 0 Å². The Morgan fingerprint density at radius 3 is 2.62 bits per heavy atom. The minimum atomic E-state index is -0.249. The molecule has 1 rings (SSSR count). The first-order valence-corrected chi connectivity index (χ1v) is 7.60. The van der Waals surface area contributed by atoms with Crippen molar-refractivity contribution in [3.8, 4) is 6.07 Å². The summed E-state index contributed by atoms with van der Waals surface area (Å²) in [6.45, 7) is 3.78. The zero-order valence-corrected chi connectivity index (χ0v) is 12.8. The quantitative estimate of drug-likeness (QED) is 0.642. The average molecular weight is 288 g/mol. The summed E-state index contributed by atoms with van der Waals surface area (Å²) in [5.74, 6) is 0. The van der Waals surface area contributed by atoms with Crippen LogP contribution in [0.15, 0.2) is 30.3 Å². The smallest absolute Gasteiger partial charge is 0.410 e. The number of benzene rings is 1. The third kappa shape index (κ3) is 7.36. The first-order chi connectivity index (χ1) is 10.3. The number of ether oxygens (including phenoxy) is 1. The zero-order chi connectivity index (χ0) is 15.3. The summed E-state index contributed by atoms with van der Waals surface area (Å²) in [6.07, 6.45) is 4.04. The van der Waals surface area contributed by atoms with E-state index in [4.69, 9.17) is 10.00 Å². The van der Waals surface area contributed by atoms with Gasteiger partial charge in [0.05, 0.1) is 6.07 Å². The lowest BCUT2D eigenvalue weighted by atomic mass is 10.2. The second-order valence-electron chi connectivity index (χ2n) is 5.00. The van der Waals surface area contributed by atoms with Crippen LogP contribution in [0.1, 0.15) is 44.6 Å². The van der Waals surface area contributed by atoms with Crippen molar-refractivity contribution in [3.05, 3.63) is 35.9 Å². The zero-order valence-electron chi connectivity index (χ0n) is 12.8. The Morgan fingerprint density at radius 2 is 1.95 bits per heavy atom. The fourth-order valence-corrected chi connectivity index (χ4v) is 2.06. The molecule has 0 radical (unpaired) electrons. The van der Waals surface area contributed by atoms with Crippen molar-refractivity contribution in [3.63, 3.8) is 0 Å². The van der Waals surface area contributed by atoms with Crippen LogP contribution in [0.2, 0.25) is 0 Å². The van der Waals surface area contributed by atoms with Gasteiger partial charge in [-0.1, -0.05) is 43.7 Å². The Bertz CT molecular complexity index is 440. The lowest BCUT2D eigenvalue weighted by Crippen LogP contribution is -2.33. The Morgan fingerprint density at radius 1 is 1.19 bits per heavy atom. The van der Waals surface area contributed by atoms with Crippen LogP contribution < -0.4 is 0 Å². The second-order valence-corrected chi connectivity index (χ2v) is 5.00. The standard InChI is InChI=1S/C17H24N2O2/c1-2-13-19(14-9-4-3-8-12-18)17(20)21-15-16-10-6-5-7-11-16/h5-7,10-11H,2-4,8-9,13-15H2,1H3. The molecule has 0 unspecified atom stereocenters. The van der Waals surface area contributed by atoms with Gasteiger partial charge in [0, 0.05) is 19.5 Å². The van der Waals surface area contributed by atoms with E-state index >= 15 is 0 Å². The summed E-state index contributed by atoms with van der Waals surface area (Å²) in [7, 11) is 0. The maximum atomic E-state index is 12.1. The topological polar surface area (TPSA) is 53.3 Å². The van der Waals surface area contributed by atoms with E-state index in [9.17, 15) is 4.79 Å². The lowest BCUT2D eigenvalue weighted by Gasteiger charge is -2.21. The molecule has 0 spiro atoms. The molecule has 0 aliphatic heterocycles. The van der Waals surface area contributed by atoms with Crippen molar-refractivity contribution in [2.24, 2.45) is 0 Å². The molecule has 0 atom stereocenters. The van der Waals surface area contributed by atoms with E-state index in [0.717, 1.165) is 31.2 Å². The van der Waals surface area contributed by atoms with E-state index in [1.54, 1.807) is 4.90 Å². The maximum absolute atomic E-state index is 12.1. The van der Waals surface area contributed by atoms with Crippen LogP contribution in [0.5, 0.6) is 0 Å². The predicted molar refractivity (Wildman–Crippen MR) is 82.6 cm³/mol. The van der Waals surface area contributed by atoms with Crippen LogP contribution >= 0.6 is 0 Å². The fraction of sp³-hybridized carbons (Fsp3) is 0.529.